The summed E-state index contributed by atoms with van der Waals surface area (Å²) < 4.78 is 46.8. The monoisotopic (exact) mass is 490 g/mol. The van der Waals surface area contributed by atoms with Crippen LogP contribution in [-0.2, 0) is 10.9 Å². The summed E-state index contributed by atoms with van der Waals surface area (Å²) in [5, 5.41) is 9.13. The number of fused-ring (bicyclic) bond motifs is 3. The van der Waals surface area contributed by atoms with E-state index in [2.05, 4.69) is 16.0 Å². The number of anilines is 1. The molecule has 190 valence electrons. The summed E-state index contributed by atoms with van der Waals surface area (Å²) in [6.07, 6.45) is -2.82. The Balaban J connectivity index is 1.47. The number of likely N-dealkylation sites (N-methyl/N-ethyl adjacent to an activating group) is 1. The number of ether oxygens (including phenoxy) is 1. The number of hydrogen-bond donors (Lipinski definition) is 3. The first-order valence-electron chi connectivity index (χ1n) is 12.1. The second-order valence-corrected chi connectivity index (χ2v) is 9.53. The largest absolute Gasteiger partial charge is 0.416 e. The molecule has 0 bridgehead atoms. The molecule has 2 aromatic carbocycles. The maximum atomic E-state index is 13.5. The van der Waals surface area contributed by atoms with Crippen molar-refractivity contribution < 1.29 is 22.7 Å². The minimum Gasteiger partial charge on any atom is -0.378 e. The molecule has 2 amide bonds. The van der Waals surface area contributed by atoms with E-state index in [9.17, 15) is 18.0 Å². The lowest BCUT2D eigenvalue weighted by molar-refractivity contribution is -0.138. The Bertz CT molecular complexity index is 1000. The normalized spacial score (nSPS) is 23.7. The molecule has 0 aliphatic carbocycles. The van der Waals surface area contributed by atoms with Crippen LogP contribution < -0.4 is 16.0 Å². The Labute approximate surface area is 204 Å². The van der Waals surface area contributed by atoms with Gasteiger partial charge < -0.3 is 25.6 Å². The number of alkyl halides is 3. The van der Waals surface area contributed by atoms with Gasteiger partial charge in [-0.25, -0.2) is 4.79 Å². The fourth-order valence-electron chi connectivity index (χ4n) is 4.94. The number of rotatable bonds is 7. The van der Waals surface area contributed by atoms with E-state index in [1.807, 2.05) is 49.3 Å². The van der Waals surface area contributed by atoms with Gasteiger partial charge in [-0.1, -0.05) is 30.3 Å². The van der Waals surface area contributed by atoms with Crippen molar-refractivity contribution in [3.63, 3.8) is 0 Å². The minimum absolute atomic E-state index is 0.00641. The maximum absolute atomic E-state index is 13.5. The van der Waals surface area contributed by atoms with E-state index in [0.29, 0.717) is 30.8 Å². The molecule has 9 heteroatoms. The highest BCUT2D eigenvalue weighted by atomic mass is 19.4. The molecule has 1 saturated heterocycles. The van der Waals surface area contributed by atoms with Crippen LogP contribution in [0.1, 0.15) is 48.1 Å². The molecular weight excluding hydrogens is 457 g/mol. The lowest BCUT2D eigenvalue weighted by atomic mass is 9.76. The maximum Gasteiger partial charge on any atom is 0.416 e. The molecular formula is C26H33F3N4O2. The van der Waals surface area contributed by atoms with Crippen molar-refractivity contribution in [3.8, 4) is 0 Å². The highest BCUT2D eigenvalue weighted by Gasteiger charge is 2.43. The van der Waals surface area contributed by atoms with Gasteiger partial charge >= 0.3 is 12.2 Å². The van der Waals surface area contributed by atoms with Gasteiger partial charge in [0.2, 0.25) is 0 Å². The number of carbonyl (C=O) groups excluding carboxylic acids is 1. The van der Waals surface area contributed by atoms with Gasteiger partial charge in [-0.3, -0.25) is 0 Å². The lowest BCUT2D eigenvalue weighted by Crippen LogP contribution is -2.42. The predicted molar refractivity (Wildman–Crippen MR) is 129 cm³/mol. The lowest BCUT2D eigenvalue weighted by Gasteiger charge is -2.46. The molecule has 2 heterocycles. The first-order chi connectivity index (χ1) is 16.7. The number of amides is 2. The van der Waals surface area contributed by atoms with Crippen molar-refractivity contribution in [3.05, 3.63) is 65.2 Å². The molecule has 0 aromatic heterocycles. The van der Waals surface area contributed by atoms with E-state index in [0.717, 1.165) is 31.0 Å². The zero-order valence-corrected chi connectivity index (χ0v) is 20.1. The average Bonchev–Trinajstić information content (AvgIpc) is 2.83. The number of halogens is 3. The molecule has 0 saturated carbocycles. The number of nitrogens with one attached hydrogen (secondary N) is 3. The van der Waals surface area contributed by atoms with Crippen molar-refractivity contribution in [2.24, 2.45) is 5.92 Å². The molecule has 6 nitrogen and oxygen atoms in total. The topological polar surface area (TPSA) is 65.6 Å². The Morgan fingerprint density at radius 3 is 2.54 bits per heavy atom. The van der Waals surface area contributed by atoms with E-state index >= 15 is 0 Å². The Hall–Kier alpha value is -2.78. The molecule has 0 spiro atoms. The number of carbonyl (C=O) groups is 1. The summed E-state index contributed by atoms with van der Waals surface area (Å²) in [5.74, 6) is 0.00641. The third kappa shape index (κ3) is 6.27. The van der Waals surface area contributed by atoms with Crippen LogP contribution in [0.3, 0.4) is 0 Å². The Kier molecular flexibility index (Phi) is 7.86. The van der Waals surface area contributed by atoms with Crippen molar-refractivity contribution in [1.29, 1.82) is 0 Å². The predicted octanol–water partition coefficient (Wildman–Crippen LogP) is 4.96. The average molecular weight is 491 g/mol. The minimum atomic E-state index is -4.42. The van der Waals surface area contributed by atoms with Gasteiger partial charge in [0.15, 0.2) is 0 Å². The SMILES string of the molecule is CN(C)CCNC(=O)NCC[C@H]1CC[C@@H]2[C@H](O1)c1cc(C(F)(F)F)ccc1N[C@H]2c1ccccc1. The smallest absolute Gasteiger partial charge is 0.378 e. The molecule has 0 radical (unpaired) electrons. The fraction of sp³-hybridized carbons (Fsp3) is 0.500. The Morgan fingerprint density at radius 1 is 1.09 bits per heavy atom. The molecule has 4 rings (SSSR count). The molecule has 0 unspecified atom stereocenters. The summed E-state index contributed by atoms with van der Waals surface area (Å²) >= 11 is 0. The highest BCUT2D eigenvalue weighted by molar-refractivity contribution is 5.73. The van der Waals surface area contributed by atoms with Crippen LogP contribution >= 0.6 is 0 Å². The molecule has 2 aromatic rings. The van der Waals surface area contributed by atoms with Crippen molar-refractivity contribution >= 4 is 11.7 Å². The second kappa shape index (κ2) is 10.9. The van der Waals surface area contributed by atoms with Crippen LogP contribution in [0.2, 0.25) is 0 Å². The third-order valence-corrected chi connectivity index (χ3v) is 6.73. The molecule has 3 N–H and O–H groups in total. The molecule has 2 aliphatic heterocycles. The fourth-order valence-corrected chi connectivity index (χ4v) is 4.94. The van der Waals surface area contributed by atoms with E-state index in [4.69, 9.17) is 4.74 Å². The zero-order chi connectivity index (χ0) is 25.0. The van der Waals surface area contributed by atoms with Crippen LogP contribution in [-0.4, -0.2) is 50.8 Å². The summed E-state index contributed by atoms with van der Waals surface area (Å²) in [5.41, 5.74) is 1.64. The number of nitrogens with zero attached hydrogens (tertiary/aromatic N) is 1. The van der Waals surface area contributed by atoms with E-state index in [-0.39, 0.29) is 24.1 Å². The van der Waals surface area contributed by atoms with Gasteiger partial charge in [-0.2, -0.15) is 13.2 Å². The third-order valence-electron chi connectivity index (χ3n) is 6.73. The number of urea groups is 1. The van der Waals surface area contributed by atoms with Crippen LogP contribution in [0.4, 0.5) is 23.7 Å². The van der Waals surface area contributed by atoms with Crippen molar-refractivity contribution in [1.82, 2.24) is 15.5 Å². The van der Waals surface area contributed by atoms with Crippen LogP contribution in [0, 0.1) is 5.92 Å². The summed E-state index contributed by atoms with van der Waals surface area (Å²) in [6.45, 7) is 1.73. The van der Waals surface area contributed by atoms with Gasteiger partial charge in [0.25, 0.3) is 0 Å². The van der Waals surface area contributed by atoms with Gasteiger partial charge in [0, 0.05) is 36.8 Å². The number of hydrogen-bond acceptors (Lipinski definition) is 4. The number of benzene rings is 2. The van der Waals surface area contributed by atoms with Gasteiger partial charge in [-0.05, 0) is 57.1 Å². The van der Waals surface area contributed by atoms with Gasteiger partial charge in [0.05, 0.1) is 23.8 Å². The molecule has 1 fully saturated rings. The van der Waals surface area contributed by atoms with Gasteiger partial charge in [0.1, 0.15) is 0 Å². The van der Waals surface area contributed by atoms with Crippen LogP contribution in [0.25, 0.3) is 0 Å². The summed E-state index contributed by atoms with van der Waals surface area (Å²) in [4.78, 5) is 14.0. The second-order valence-electron chi connectivity index (χ2n) is 9.53. The first-order valence-corrected chi connectivity index (χ1v) is 12.1. The Morgan fingerprint density at radius 2 is 1.83 bits per heavy atom. The summed E-state index contributed by atoms with van der Waals surface area (Å²) in [7, 11) is 3.87. The molecule has 35 heavy (non-hydrogen) atoms. The van der Waals surface area contributed by atoms with Gasteiger partial charge in [-0.15, -0.1) is 0 Å². The molecule has 4 atom stereocenters. The van der Waals surface area contributed by atoms with Crippen molar-refractivity contribution in [2.75, 3.05) is 39.0 Å². The van der Waals surface area contributed by atoms with E-state index < -0.39 is 17.8 Å². The summed E-state index contributed by atoms with van der Waals surface area (Å²) in [6, 6.07) is 13.5. The highest BCUT2D eigenvalue weighted by Crippen LogP contribution is 2.51. The van der Waals surface area contributed by atoms with Crippen molar-refractivity contribution in [2.45, 2.75) is 43.7 Å². The zero-order valence-electron chi connectivity index (χ0n) is 20.1. The van der Waals surface area contributed by atoms with E-state index in [1.54, 1.807) is 0 Å². The van der Waals surface area contributed by atoms with Crippen LogP contribution in [0.5, 0.6) is 0 Å². The standard InChI is InChI=1S/C26H33F3N4O2/c1-33(2)15-14-31-25(34)30-13-12-19-9-10-20-23(17-6-4-3-5-7-17)32-22-11-8-18(26(27,28)29)16-21(22)24(20)35-19/h3-8,11,16,19-20,23-24,32H,9-10,12-15H2,1-2H3,(H2,30,31,34)/t19-,20+,23+,24+/m1/s1. The van der Waals surface area contributed by atoms with E-state index in [1.165, 1.54) is 12.1 Å². The molecule has 2 aliphatic rings. The first kappa shape index (κ1) is 25.3. The van der Waals surface area contributed by atoms with Crippen LogP contribution in [0.15, 0.2) is 48.5 Å². The quantitative estimate of drug-likeness (QED) is 0.513.